The minimum absolute atomic E-state index is 0.0229. The fraction of sp³-hybridized carbons (Fsp3) is 0.909. The summed E-state index contributed by atoms with van der Waals surface area (Å²) in [5.41, 5.74) is 0.0229. The van der Waals surface area contributed by atoms with Gasteiger partial charge < -0.3 is 10.6 Å². The van der Waals surface area contributed by atoms with Gasteiger partial charge in [0.2, 0.25) is 5.91 Å². The summed E-state index contributed by atoms with van der Waals surface area (Å²) in [5.74, 6) is 1.88. The van der Waals surface area contributed by atoms with E-state index in [9.17, 15) is 4.79 Å². The standard InChI is InChI=1S/C11H22N2OS/c1-3-8-15-9-10(14)13-11(2)4-6-12-7-5-11/h12H,3-9H2,1-2H3,(H,13,14). The van der Waals surface area contributed by atoms with Gasteiger partial charge in [0, 0.05) is 5.54 Å². The van der Waals surface area contributed by atoms with E-state index in [4.69, 9.17) is 0 Å². The molecular weight excluding hydrogens is 208 g/mol. The van der Waals surface area contributed by atoms with Crippen molar-refractivity contribution < 1.29 is 4.79 Å². The minimum atomic E-state index is 0.0229. The van der Waals surface area contributed by atoms with Gasteiger partial charge in [-0.25, -0.2) is 0 Å². The third-order valence-electron chi connectivity index (χ3n) is 2.73. The van der Waals surface area contributed by atoms with Gasteiger partial charge in [0.05, 0.1) is 5.75 Å². The molecule has 1 fully saturated rings. The molecule has 1 amide bonds. The zero-order valence-corrected chi connectivity index (χ0v) is 10.6. The minimum Gasteiger partial charge on any atom is -0.350 e. The highest BCUT2D eigenvalue weighted by Crippen LogP contribution is 2.17. The highest BCUT2D eigenvalue weighted by Gasteiger charge is 2.27. The maximum Gasteiger partial charge on any atom is 0.230 e. The van der Waals surface area contributed by atoms with Gasteiger partial charge in [0.25, 0.3) is 0 Å². The molecule has 0 bridgehead atoms. The SMILES string of the molecule is CCCSCC(=O)NC1(C)CCNCC1. The predicted molar refractivity (Wildman–Crippen MR) is 66.3 cm³/mol. The van der Waals surface area contributed by atoms with E-state index < -0.39 is 0 Å². The topological polar surface area (TPSA) is 41.1 Å². The van der Waals surface area contributed by atoms with Crippen molar-refractivity contribution in [1.82, 2.24) is 10.6 Å². The molecule has 0 aromatic rings. The molecule has 0 unspecified atom stereocenters. The third-order valence-corrected chi connectivity index (χ3v) is 3.89. The van der Waals surface area contributed by atoms with E-state index >= 15 is 0 Å². The second-order valence-corrected chi connectivity index (χ2v) is 5.52. The van der Waals surface area contributed by atoms with Gasteiger partial charge in [-0.05, 0) is 45.0 Å². The van der Waals surface area contributed by atoms with Gasteiger partial charge in [0.1, 0.15) is 0 Å². The first-order chi connectivity index (χ1) is 7.16. The van der Waals surface area contributed by atoms with E-state index in [1.54, 1.807) is 11.8 Å². The van der Waals surface area contributed by atoms with Crippen LogP contribution in [-0.4, -0.2) is 36.0 Å². The molecular formula is C11H22N2OS. The van der Waals surface area contributed by atoms with E-state index in [-0.39, 0.29) is 11.4 Å². The molecule has 1 heterocycles. The van der Waals surface area contributed by atoms with Crippen LogP contribution in [0, 0.1) is 0 Å². The van der Waals surface area contributed by atoms with Crippen LogP contribution in [0.25, 0.3) is 0 Å². The summed E-state index contributed by atoms with van der Waals surface area (Å²) in [6, 6.07) is 0. The van der Waals surface area contributed by atoms with Crippen LogP contribution in [0.15, 0.2) is 0 Å². The summed E-state index contributed by atoms with van der Waals surface area (Å²) in [5, 5.41) is 6.46. The Morgan fingerprint density at radius 1 is 1.47 bits per heavy atom. The Bertz CT molecular complexity index is 203. The maximum absolute atomic E-state index is 11.6. The van der Waals surface area contributed by atoms with E-state index in [2.05, 4.69) is 24.5 Å². The van der Waals surface area contributed by atoms with Crippen LogP contribution in [-0.2, 0) is 4.79 Å². The van der Waals surface area contributed by atoms with Crippen molar-refractivity contribution in [1.29, 1.82) is 0 Å². The van der Waals surface area contributed by atoms with Crippen LogP contribution in [0.4, 0.5) is 0 Å². The lowest BCUT2D eigenvalue weighted by Gasteiger charge is -2.35. The summed E-state index contributed by atoms with van der Waals surface area (Å²) in [4.78, 5) is 11.6. The number of piperidine rings is 1. The Morgan fingerprint density at radius 2 is 2.13 bits per heavy atom. The molecule has 3 nitrogen and oxygen atoms in total. The lowest BCUT2D eigenvalue weighted by Crippen LogP contribution is -2.52. The second kappa shape index (κ2) is 6.38. The number of hydrogen-bond donors (Lipinski definition) is 2. The van der Waals surface area contributed by atoms with Crippen LogP contribution >= 0.6 is 11.8 Å². The molecule has 0 radical (unpaired) electrons. The van der Waals surface area contributed by atoms with Crippen molar-refractivity contribution in [3.05, 3.63) is 0 Å². The Hall–Kier alpha value is -0.220. The number of nitrogens with one attached hydrogen (secondary N) is 2. The summed E-state index contributed by atoms with van der Waals surface area (Å²) in [6.07, 6.45) is 3.22. The molecule has 1 saturated heterocycles. The van der Waals surface area contributed by atoms with Crippen molar-refractivity contribution in [2.45, 2.75) is 38.6 Å². The van der Waals surface area contributed by atoms with Gasteiger partial charge in [-0.2, -0.15) is 11.8 Å². The number of thioether (sulfide) groups is 1. The Balaban J connectivity index is 2.23. The molecule has 4 heteroatoms. The average Bonchev–Trinajstić information content (AvgIpc) is 2.18. The molecule has 88 valence electrons. The Labute approximate surface area is 96.8 Å². The fourth-order valence-electron chi connectivity index (χ4n) is 1.79. The Kier molecular flexibility index (Phi) is 5.47. The van der Waals surface area contributed by atoms with Crippen molar-refractivity contribution >= 4 is 17.7 Å². The lowest BCUT2D eigenvalue weighted by molar-refractivity contribution is -0.120. The molecule has 1 rings (SSSR count). The zero-order valence-electron chi connectivity index (χ0n) is 9.77. The molecule has 1 aliphatic rings. The zero-order chi connectivity index (χ0) is 11.1. The molecule has 2 N–H and O–H groups in total. The van der Waals surface area contributed by atoms with E-state index in [1.807, 2.05) is 0 Å². The first-order valence-corrected chi connectivity index (χ1v) is 6.91. The largest absolute Gasteiger partial charge is 0.350 e. The number of carbonyl (C=O) groups is 1. The quantitative estimate of drug-likeness (QED) is 0.701. The first kappa shape index (κ1) is 12.8. The molecule has 0 atom stereocenters. The summed E-state index contributed by atoms with van der Waals surface area (Å²) >= 11 is 1.72. The first-order valence-electron chi connectivity index (χ1n) is 5.76. The number of rotatable bonds is 5. The van der Waals surface area contributed by atoms with Crippen LogP contribution in [0.3, 0.4) is 0 Å². The summed E-state index contributed by atoms with van der Waals surface area (Å²) in [7, 11) is 0. The molecule has 0 spiro atoms. The number of hydrogen-bond acceptors (Lipinski definition) is 3. The molecule has 0 saturated carbocycles. The molecule has 0 aliphatic carbocycles. The van der Waals surface area contributed by atoms with Gasteiger partial charge in [-0.15, -0.1) is 0 Å². The molecule has 0 aromatic heterocycles. The van der Waals surface area contributed by atoms with Crippen molar-refractivity contribution in [3.8, 4) is 0 Å². The van der Waals surface area contributed by atoms with Gasteiger partial charge >= 0.3 is 0 Å². The normalized spacial score (nSPS) is 19.9. The van der Waals surface area contributed by atoms with Gasteiger partial charge in [-0.3, -0.25) is 4.79 Å². The highest BCUT2D eigenvalue weighted by atomic mass is 32.2. The van der Waals surface area contributed by atoms with E-state index in [0.29, 0.717) is 5.75 Å². The predicted octanol–water partition coefficient (Wildman–Crippen LogP) is 1.39. The smallest absolute Gasteiger partial charge is 0.230 e. The summed E-state index contributed by atoms with van der Waals surface area (Å²) < 4.78 is 0. The van der Waals surface area contributed by atoms with Crippen LogP contribution in [0.5, 0.6) is 0 Å². The summed E-state index contributed by atoms with van der Waals surface area (Å²) in [6.45, 7) is 6.31. The monoisotopic (exact) mass is 230 g/mol. The van der Waals surface area contributed by atoms with Crippen molar-refractivity contribution in [2.24, 2.45) is 0 Å². The maximum atomic E-state index is 11.6. The molecule has 15 heavy (non-hydrogen) atoms. The van der Waals surface area contributed by atoms with Gasteiger partial charge in [-0.1, -0.05) is 6.92 Å². The highest BCUT2D eigenvalue weighted by molar-refractivity contribution is 7.99. The molecule has 0 aromatic carbocycles. The Morgan fingerprint density at radius 3 is 2.73 bits per heavy atom. The fourth-order valence-corrected chi connectivity index (χ4v) is 2.48. The number of amides is 1. The van der Waals surface area contributed by atoms with Crippen molar-refractivity contribution in [2.75, 3.05) is 24.6 Å². The van der Waals surface area contributed by atoms with E-state index in [0.717, 1.165) is 38.1 Å². The van der Waals surface area contributed by atoms with Crippen LogP contribution < -0.4 is 10.6 Å². The van der Waals surface area contributed by atoms with Crippen molar-refractivity contribution in [3.63, 3.8) is 0 Å². The van der Waals surface area contributed by atoms with Crippen LogP contribution in [0.2, 0.25) is 0 Å². The lowest BCUT2D eigenvalue weighted by atomic mass is 9.91. The van der Waals surface area contributed by atoms with E-state index in [1.165, 1.54) is 0 Å². The third kappa shape index (κ3) is 4.89. The molecule has 1 aliphatic heterocycles. The van der Waals surface area contributed by atoms with Gasteiger partial charge in [0.15, 0.2) is 0 Å². The number of carbonyl (C=O) groups excluding carboxylic acids is 1. The van der Waals surface area contributed by atoms with Crippen LogP contribution in [0.1, 0.15) is 33.1 Å². The second-order valence-electron chi connectivity index (χ2n) is 4.41. The average molecular weight is 230 g/mol.